The second kappa shape index (κ2) is 7.71. The summed E-state index contributed by atoms with van der Waals surface area (Å²) in [7, 11) is 3.73. The van der Waals surface area contributed by atoms with Gasteiger partial charge in [-0.2, -0.15) is 10.4 Å². The molecule has 136 valence electrons. The number of likely N-dealkylation sites (tertiary alicyclic amines) is 1. The summed E-state index contributed by atoms with van der Waals surface area (Å²) in [6.07, 6.45) is 1.90. The number of nitrogens with zero attached hydrogens (tertiary/aromatic N) is 5. The molecule has 1 aromatic heterocycles. The molecule has 1 saturated heterocycles. The lowest BCUT2D eigenvalue weighted by atomic mass is 10.0. The van der Waals surface area contributed by atoms with Gasteiger partial charge in [-0.15, -0.1) is 0 Å². The average molecular weight is 351 g/mol. The Bertz CT molecular complexity index is 807. The number of benzene rings is 1. The summed E-state index contributed by atoms with van der Waals surface area (Å²) in [6.45, 7) is 4.68. The summed E-state index contributed by atoms with van der Waals surface area (Å²) in [5.74, 6) is -0.00567. The van der Waals surface area contributed by atoms with Gasteiger partial charge in [-0.05, 0) is 43.5 Å². The van der Waals surface area contributed by atoms with E-state index in [1.807, 2.05) is 50.2 Å². The predicted octanol–water partition coefficient (Wildman–Crippen LogP) is 2.34. The van der Waals surface area contributed by atoms with Crippen molar-refractivity contribution in [3.63, 3.8) is 0 Å². The minimum absolute atomic E-state index is 0.00567. The third kappa shape index (κ3) is 3.94. The SMILES string of the molecule is Cc1cc(C(=O)N(C)C2CCN(Cc3cccc(C#N)c3)CC2)nn1C. The van der Waals surface area contributed by atoms with E-state index in [-0.39, 0.29) is 11.9 Å². The first kappa shape index (κ1) is 18.2. The van der Waals surface area contributed by atoms with Crippen molar-refractivity contribution in [3.8, 4) is 6.07 Å². The highest BCUT2D eigenvalue weighted by Crippen LogP contribution is 2.19. The molecule has 1 fully saturated rings. The molecule has 6 heteroatoms. The van der Waals surface area contributed by atoms with Crippen molar-refractivity contribution in [2.75, 3.05) is 20.1 Å². The van der Waals surface area contributed by atoms with E-state index in [9.17, 15) is 4.79 Å². The van der Waals surface area contributed by atoms with Gasteiger partial charge in [-0.1, -0.05) is 12.1 Å². The Morgan fingerprint density at radius 1 is 1.35 bits per heavy atom. The Morgan fingerprint density at radius 2 is 2.08 bits per heavy atom. The Kier molecular flexibility index (Phi) is 5.38. The maximum Gasteiger partial charge on any atom is 0.274 e. The van der Waals surface area contributed by atoms with Gasteiger partial charge in [0.15, 0.2) is 5.69 Å². The summed E-state index contributed by atoms with van der Waals surface area (Å²) < 4.78 is 1.74. The minimum Gasteiger partial charge on any atom is -0.337 e. The highest BCUT2D eigenvalue weighted by Gasteiger charge is 2.27. The van der Waals surface area contributed by atoms with Crippen LogP contribution in [0.3, 0.4) is 0 Å². The highest BCUT2D eigenvalue weighted by atomic mass is 16.2. The van der Waals surface area contributed by atoms with E-state index in [0.717, 1.165) is 43.7 Å². The Labute approximate surface area is 154 Å². The number of aryl methyl sites for hydroxylation is 2. The highest BCUT2D eigenvalue weighted by molar-refractivity contribution is 5.92. The molecule has 1 aliphatic rings. The van der Waals surface area contributed by atoms with Crippen LogP contribution in [0.1, 0.15) is 40.2 Å². The summed E-state index contributed by atoms with van der Waals surface area (Å²) in [4.78, 5) is 16.9. The Hall–Kier alpha value is -2.65. The molecule has 0 bridgehead atoms. The zero-order chi connectivity index (χ0) is 18.7. The van der Waals surface area contributed by atoms with Gasteiger partial charge in [0.2, 0.25) is 0 Å². The fourth-order valence-electron chi connectivity index (χ4n) is 3.47. The van der Waals surface area contributed by atoms with Crippen LogP contribution < -0.4 is 0 Å². The van der Waals surface area contributed by atoms with Crippen LogP contribution in [0.15, 0.2) is 30.3 Å². The van der Waals surface area contributed by atoms with Gasteiger partial charge in [0.1, 0.15) is 0 Å². The van der Waals surface area contributed by atoms with E-state index < -0.39 is 0 Å². The third-order valence-electron chi connectivity index (χ3n) is 5.22. The normalized spacial score (nSPS) is 15.6. The first-order valence-corrected chi connectivity index (χ1v) is 8.97. The number of nitriles is 1. The van der Waals surface area contributed by atoms with Gasteiger partial charge in [0.25, 0.3) is 5.91 Å². The molecule has 0 unspecified atom stereocenters. The largest absolute Gasteiger partial charge is 0.337 e. The van der Waals surface area contributed by atoms with Crippen LogP contribution in [-0.2, 0) is 13.6 Å². The van der Waals surface area contributed by atoms with Crippen LogP contribution in [0.2, 0.25) is 0 Å². The number of amides is 1. The second-order valence-corrected chi connectivity index (χ2v) is 7.03. The molecule has 2 aromatic rings. The fourth-order valence-corrected chi connectivity index (χ4v) is 3.47. The first-order valence-electron chi connectivity index (χ1n) is 8.97. The molecule has 0 aliphatic carbocycles. The van der Waals surface area contributed by atoms with Crippen LogP contribution in [0.5, 0.6) is 0 Å². The van der Waals surface area contributed by atoms with Crippen molar-refractivity contribution in [1.82, 2.24) is 19.6 Å². The monoisotopic (exact) mass is 351 g/mol. The molecule has 0 atom stereocenters. The maximum atomic E-state index is 12.7. The van der Waals surface area contributed by atoms with E-state index in [1.165, 1.54) is 0 Å². The third-order valence-corrected chi connectivity index (χ3v) is 5.22. The molecular formula is C20H25N5O. The van der Waals surface area contributed by atoms with Crippen molar-refractivity contribution in [2.24, 2.45) is 7.05 Å². The van der Waals surface area contributed by atoms with Crippen molar-refractivity contribution in [2.45, 2.75) is 32.4 Å². The number of aromatic nitrogens is 2. The van der Waals surface area contributed by atoms with Gasteiger partial charge in [-0.3, -0.25) is 14.4 Å². The van der Waals surface area contributed by atoms with Crippen LogP contribution in [0.4, 0.5) is 0 Å². The predicted molar refractivity (Wildman–Crippen MR) is 99.5 cm³/mol. The molecular weight excluding hydrogens is 326 g/mol. The topological polar surface area (TPSA) is 65.2 Å². The maximum absolute atomic E-state index is 12.7. The average Bonchev–Trinajstić information content (AvgIpc) is 3.00. The Balaban J connectivity index is 1.56. The van der Waals surface area contributed by atoms with Crippen LogP contribution in [-0.4, -0.2) is 51.7 Å². The summed E-state index contributed by atoms with van der Waals surface area (Å²) in [6, 6.07) is 12.0. The standard InChI is InChI=1S/C20H25N5O/c1-15-11-19(22-24(15)3)20(26)23(2)18-7-9-25(10-8-18)14-17-6-4-5-16(12-17)13-21/h4-6,11-12,18H,7-10,14H2,1-3H3. The summed E-state index contributed by atoms with van der Waals surface area (Å²) in [5, 5.41) is 13.3. The molecule has 2 heterocycles. The zero-order valence-corrected chi connectivity index (χ0v) is 15.6. The number of piperidine rings is 1. The molecule has 26 heavy (non-hydrogen) atoms. The minimum atomic E-state index is -0.00567. The molecule has 0 N–H and O–H groups in total. The van der Waals surface area contributed by atoms with Crippen molar-refractivity contribution in [3.05, 3.63) is 52.8 Å². The van der Waals surface area contributed by atoms with E-state index in [4.69, 9.17) is 5.26 Å². The molecule has 0 saturated carbocycles. The molecule has 1 aliphatic heterocycles. The fraction of sp³-hybridized carbons (Fsp3) is 0.450. The van der Waals surface area contributed by atoms with Crippen molar-refractivity contribution < 1.29 is 4.79 Å². The van der Waals surface area contributed by atoms with Crippen molar-refractivity contribution in [1.29, 1.82) is 5.26 Å². The number of hydrogen-bond acceptors (Lipinski definition) is 4. The van der Waals surface area contributed by atoms with Crippen LogP contribution >= 0.6 is 0 Å². The van der Waals surface area contributed by atoms with E-state index in [0.29, 0.717) is 11.3 Å². The number of hydrogen-bond donors (Lipinski definition) is 0. The molecule has 0 spiro atoms. The first-order chi connectivity index (χ1) is 12.5. The lowest BCUT2D eigenvalue weighted by molar-refractivity contribution is 0.0630. The number of carbonyl (C=O) groups is 1. The molecule has 0 radical (unpaired) electrons. The van der Waals surface area contributed by atoms with Gasteiger partial charge in [0, 0.05) is 45.5 Å². The van der Waals surface area contributed by atoms with E-state index in [2.05, 4.69) is 22.1 Å². The lowest BCUT2D eigenvalue weighted by Gasteiger charge is -2.36. The number of rotatable bonds is 4. The number of carbonyl (C=O) groups excluding carboxylic acids is 1. The lowest BCUT2D eigenvalue weighted by Crippen LogP contribution is -2.45. The van der Waals surface area contributed by atoms with Gasteiger partial charge < -0.3 is 4.90 Å². The molecule has 1 aromatic carbocycles. The Morgan fingerprint density at radius 3 is 2.69 bits per heavy atom. The van der Waals surface area contributed by atoms with Gasteiger partial charge in [0.05, 0.1) is 11.6 Å². The van der Waals surface area contributed by atoms with Gasteiger partial charge >= 0.3 is 0 Å². The van der Waals surface area contributed by atoms with Crippen molar-refractivity contribution >= 4 is 5.91 Å². The van der Waals surface area contributed by atoms with Crippen LogP contribution in [0.25, 0.3) is 0 Å². The molecule has 6 nitrogen and oxygen atoms in total. The molecule has 3 rings (SSSR count). The quantitative estimate of drug-likeness (QED) is 0.848. The summed E-state index contributed by atoms with van der Waals surface area (Å²) in [5.41, 5.74) is 3.36. The molecule has 1 amide bonds. The van der Waals surface area contributed by atoms with E-state index >= 15 is 0 Å². The summed E-state index contributed by atoms with van der Waals surface area (Å²) >= 11 is 0. The zero-order valence-electron chi connectivity index (χ0n) is 15.6. The van der Waals surface area contributed by atoms with Crippen LogP contribution in [0, 0.1) is 18.3 Å². The second-order valence-electron chi connectivity index (χ2n) is 7.03. The van der Waals surface area contributed by atoms with Gasteiger partial charge in [-0.25, -0.2) is 0 Å². The smallest absolute Gasteiger partial charge is 0.274 e. The van der Waals surface area contributed by atoms with E-state index in [1.54, 1.807) is 4.68 Å².